The minimum atomic E-state index is 0.169. The third-order valence-corrected chi connectivity index (χ3v) is 4.48. The van der Waals surface area contributed by atoms with Crippen LogP contribution in [0.5, 0.6) is 0 Å². The van der Waals surface area contributed by atoms with Crippen molar-refractivity contribution in [2.75, 3.05) is 13.1 Å². The summed E-state index contributed by atoms with van der Waals surface area (Å²) in [5, 5.41) is 0. The number of carbonyl (C=O) groups excluding carboxylic acids is 1. The highest BCUT2D eigenvalue weighted by Crippen LogP contribution is 2.27. The molecule has 0 N–H and O–H groups in total. The van der Waals surface area contributed by atoms with Gasteiger partial charge in [0, 0.05) is 29.8 Å². The minimum Gasteiger partial charge on any atom is -0.340 e. The Labute approximate surface area is 124 Å². The molecule has 0 aromatic carbocycles. The zero-order valence-corrected chi connectivity index (χ0v) is 13.8. The molecule has 1 aliphatic rings. The summed E-state index contributed by atoms with van der Waals surface area (Å²) in [6.45, 7) is 10.5. The third kappa shape index (κ3) is 3.04. The van der Waals surface area contributed by atoms with Crippen molar-refractivity contribution in [3.8, 4) is 0 Å². The van der Waals surface area contributed by atoms with Crippen molar-refractivity contribution in [2.24, 2.45) is 11.8 Å². The number of hydrogen-bond donors (Lipinski definition) is 0. The van der Waals surface area contributed by atoms with Crippen LogP contribution in [0.15, 0.2) is 16.7 Å². The lowest BCUT2D eigenvalue weighted by atomic mass is 9.95. The zero-order valence-electron chi connectivity index (χ0n) is 12.2. The number of carbonyl (C=O) groups is 1. The fraction of sp³-hybridized carbons (Fsp3) is 0.667. The monoisotopic (exact) mass is 326 g/mol. The van der Waals surface area contributed by atoms with Gasteiger partial charge in [-0.15, -0.1) is 0 Å². The second-order valence-corrected chi connectivity index (χ2v) is 7.00. The average Bonchev–Trinajstić information content (AvgIpc) is 2.94. The van der Waals surface area contributed by atoms with Gasteiger partial charge >= 0.3 is 0 Å². The first-order valence-corrected chi connectivity index (χ1v) is 7.86. The summed E-state index contributed by atoms with van der Waals surface area (Å²) in [5.74, 6) is 1.47. The summed E-state index contributed by atoms with van der Waals surface area (Å²) in [7, 11) is 0. The highest BCUT2D eigenvalue weighted by atomic mass is 79.9. The number of nitrogens with zero attached hydrogens (tertiary/aromatic N) is 2. The molecule has 1 aromatic rings. The van der Waals surface area contributed by atoms with E-state index in [4.69, 9.17) is 0 Å². The Kier molecular flexibility index (Phi) is 4.39. The number of hydrogen-bond acceptors (Lipinski definition) is 1. The van der Waals surface area contributed by atoms with Crippen LogP contribution in [0.25, 0.3) is 0 Å². The molecule has 1 amide bonds. The number of likely N-dealkylation sites (tertiary alicyclic amines) is 1. The Morgan fingerprint density at radius 3 is 2.58 bits per heavy atom. The second kappa shape index (κ2) is 5.70. The zero-order chi connectivity index (χ0) is 14.2. The second-order valence-electron chi connectivity index (χ2n) is 6.09. The van der Waals surface area contributed by atoms with Gasteiger partial charge in [0.15, 0.2) is 0 Å². The van der Waals surface area contributed by atoms with Crippen LogP contribution < -0.4 is 0 Å². The molecule has 2 heterocycles. The van der Waals surface area contributed by atoms with Gasteiger partial charge in [-0.25, -0.2) is 0 Å². The van der Waals surface area contributed by atoms with E-state index < -0.39 is 0 Å². The first-order valence-electron chi connectivity index (χ1n) is 7.06. The molecule has 1 unspecified atom stereocenters. The quantitative estimate of drug-likeness (QED) is 0.825. The van der Waals surface area contributed by atoms with Crippen LogP contribution in [-0.2, 0) is 0 Å². The first kappa shape index (κ1) is 14.6. The molecule has 1 aliphatic heterocycles. The molecule has 106 valence electrons. The minimum absolute atomic E-state index is 0.169. The maximum atomic E-state index is 12.6. The third-order valence-electron chi connectivity index (χ3n) is 4.05. The molecule has 19 heavy (non-hydrogen) atoms. The predicted octanol–water partition coefficient (Wildman–Crippen LogP) is 3.95. The average molecular weight is 327 g/mol. The summed E-state index contributed by atoms with van der Waals surface area (Å²) >= 11 is 3.47. The van der Waals surface area contributed by atoms with Crippen LogP contribution in [0.3, 0.4) is 0 Å². The summed E-state index contributed by atoms with van der Waals surface area (Å²) in [6.07, 6.45) is 3.13. The molecule has 0 saturated carbocycles. The molecule has 0 aliphatic carbocycles. The Balaban J connectivity index is 2.17. The summed E-state index contributed by atoms with van der Waals surface area (Å²) in [4.78, 5) is 14.6. The van der Waals surface area contributed by atoms with E-state index in [0.717, 1.165) is 29.7 Å². The molecule has 0 bridgehead atoms. The molecular formula is C15H23BrN2O. The number of amides is 1. The largest absolute Gasteiger partial charge is 0.340 e. The van der Waals surface area contributed by atoms with Gasteiger partial charge in [0.2, 0.25) is 0 Å². The normalized spacial score (nSPS) is 19.7. The molecule has 2 rings (SSSR count). The van der Waals surface area contributed by atoms with E-state index >= 15 is 0 Å². The van der Waals surface area contributed by atoms with Crippen LogP contribution >= 0.6 is 15.9 Å². The first-order chi connectivity index (χ1) is 8.90. The molecular weight excluding hydrogens is 304 g/mol. The van der Waals surface area contributed by atoms with E-state index in [2.05, 4.69) is 48.2 Å². The molecule has 1 aromatic heterocycles. The Morgan fingerprint density at radius 2 is 2.05 bits per heavy atom. The molecule has 1 saturated heterocycles. The van der Waals surface area contributed by atoms with Crippen LogP contribution in [0.4, 0.5) is 0 Å². The Hall–Kier alpha value is -0.770. The van der Waals surface area contributed by atoms with Crippen molar-refractivity contribution in [3.63, 3.8) is 0 Å². The summed E-state index contributed by atoms with van der Waals surface area (Å²) in [5.41, 5.74) is 0.797. The fourth-order valence-corrected chi connectivity index (χ4v) is 3.16. The topological polar surface area (TPSA) is 25.2 Å². The SMILES string of the molecule is CC(C)C1CCN(C(=O)c2cc(Br)cn2C(C)C)C1. The van der Waals surface area contributed by atoms with Gasteiger partial charge in [-0.1, -0.05) is 13.8 Å². The highest BCUT2D eigenvalue weighted by Gasteiger charge is 2.30. The number of rotatable bonds is 3. The smallest absolute Gasteiger partial charge is 0.270 e. The van der Waals surface area contributed by atoms with Crippen LogP contribution in [0.2, 0.25) is 0 Å². The van der Waals surface area contributed by atoms with Crippen molar-refractivity contribution < 1.29 is 4.79 Å². The maximum Gasteiger partial charge on any atom is 0.270 e. The lowest BCUT2D eigenvalue weighted by Gasteiger charge is -2.20. The van der Waals surface area contributed by atoms with Gasteiger partial charge in [-0.3, -0.25) is 4.79 Å². The van der Waals surface area contributed by atoms with Crippen molar-refractivity contribution in [3.05, 3.63) is 22.4 Å². The van der Waals surface area contributed by atoms with E-state index in [9.17, 15) is 4.79 Å². The van der Waals surface area contributed by atoms with Crippen molar-refractivity contribution in [2.45, 2.75) is 40.2 Å². The van der Waals surface area contributed by atoms with Gasteiger partial charge in [0.25, 0.3) is 5.91 Å². The molecule has 0 spiro atoms. The molecule has 3 nitrogen and oxygen atoms in total. The lowest BCUT2D eigenvalue weighted by molar-refractivity contribution is 0.0771. The van der Waals surface area contributed by atoms with Crippen LogP contribution in [0.1, 0.15) is 50.6 Å². The van der Waals surface area contributed by atoms with Crippen molar-refractivity contribution >= 4 is 21.8 Å². The van der Waals surface area contributed by atoms with Crippen molar-refractivity contribution in [1.29, 1.82) is 0 Å². The highest BCUT2D eigenvalue weighted by molar-refractivity contribution is 9.10. The molecule has 1 fully saturated rings. The van der Waals surface area contributed by atoms with Crippen LogP contribution in [0, 0.1) is 11.8 Å². The van der Waals surface area contributed by atoms with Gasteiger partial charge < -0.3 is 9.47 Å². The Morgan fingerprint density at radius 1 is 1.37 bits per heavy atom. The van der Waals surface area contributed by atoms with Gasteiger partial charge in [-0.05, 0) is 54.1 Å². The number of halogens is 1. The standard InChI is InChI=1S/C15H23BrN2O/c1-10(2)12-5-6-17(8-12)15(19)14-7-13(16)9-18(14)11(3)4/h7,9-12H,5-6,8H2,1-4H3. The van der Waals surface area contributed by atoms with E-state index in [1.807, 2.05) is 17.2 Å². The van der Waals surface area contributed by atoms with Crippen LogP contribution in [-0.4, -0.2) is 28.5 Å². The summed E-state index contributed by atoms with van der Waals surface area (Å²) < 4.78 is 3.03. The van der Waals surface area contributed by atoms with Gasteiger partial charge in [0.1, 0.15) is 5.69 Å². The molecule has 4 heteroatoms. The molecule has 0 radical (unpaired) electrons. The number of aromatic nitrogens is 1. The lowest BCUT2D eigenvalue weighted by Crippen LogP contribution is -2.31. The summed E-state index contributed by atoms with van der Waals surface area (Å²) in [6, 6.07) is 2.24. The van der Waals surface area contributed by atoms with E-state index in [-0.39, 0.29) is 5.91 Å². The van der Waals surface area contributed by atoms with E-state index in [1.54, 1.807) is 0 Å². The fourth-order valence-electron chi connectivity index (χ4n) is 2.72. The Bertz CT molecular complexity index is 465. The van der Waals surface area contributed by atoms with Crippen molar-refractivity contribution in [1.82, 2.24) is 9.47 Å². The van der Waals surface area contributed by atoms with Gasteiger partial charge in [0.05, 0.1) is 0 Å². The van der Waals surface area contributed by atoms with E-state index in [0.29, 0.717) is 17.9 Å². The van der Waals surface area contributed by atoms with Gasteiger partial charge in [-0.2, -0.15) is 0 Å². The predicted molar refractivity (Wildman–Crippen MR) is 81.4 cm³/mol. The van der Waals surface area contributed by atoms with E-state index in [1.165, 1.54) is 0 Å². The molecule has 1 atom stereocenters. The maximum absolute atomic E-state index is 12.6.